The van der Waals surface area contributed by atoms with Gasteiger partial charge in [-0.25, -0.2) is 0 Å². The Morgan fingerprint density at radius 3 is 2.29 bits per heavy atom. The van der Waals surface area contributed by atoms with E-state index in [1.807, 2.05) is 0 Å². The van der Waals surface area contributed by atoms with E-state index >= 15 is 0 Å². The van der Waals surface area contributed by atoms with Crippen LogP contribution in [0.1, 0.15) is 67.8 Å². The van der Waals surface area contributed by atoms with Gasteiger partial charge in [0.25, 0.3) is 0 Å². The van der Waals surface area contributed by atoms with Gasteiger partial charge in [0, 0.05) is 25.1 Å². The van der Waals surface area contributed by atoms with Gasteiger partial charge in [0.15, 0.2) is 0 Å². The van der Waals surface area contributed by atoms with E-state index in [0.717, 1.165) is 51.4 Å². The zero-order valence-corrected chi connectivity index (χ0v) is 20.4. The monoisotopic (exact) mass is 434 g/mol. The molecule has 0 saturated heterocycles. The van der Waals surface area contributed by atoms with Crippen LogP contribution >= 0.6 is 36.6 Å². The fraction of sp³-hybridized carbons (Fsp3) is 0.500. The van der Waals surface area contributed by atoms with Crippen LogP contribution in [0.15, 0.2) is 30.3 Å². The van der Waals surface area contributed by atoms with E-state index in [0.29, 0.717) is 5.92 Å². The Hall–Kier alpha value is -0.840. The molecule has 28 heavy (non-hydrogen) atoms. The van der Waals surface area contributed by atoms with Crippen LogP contribution in [-0.4, -0.2) is 6.61 Å². The first-order valence-electron chi connectivity index (χ1n) is 10.2. The number of rotatable bonds is 10. The summed E-state index contributed by atoms with van der Waals surface area (Å²) in [6.45, 7) is 11.8. The Kier molecular flexibility index (Phi) is 9.52. The van der Waals surface area contributed by atoms with Crippen LogP contribution in [0.25, 0.3) is 9.81 Å². The first-order valence-corrected chi connectivity index (χ1v) is 11.9. The summed E-state index contributed by atoms with van der Waals surface area (Å²) in [5, 5.41) is 0. The molecule has 0 saturated carbocycles. The fourth-order valence-corrected chi connectivity index (χ4v) is 4.49. The van der Waals surface area contributed by atoms with Gasteiger partial charge in [-0.05, 0) is 67.9 Å². The molecule has 1 aromatic carbocycles. The van der Waals surface area contributed by atoms with E-state index in [-0.39, 0.29) is 0 Å². The standard InChI is InChI=1S/C24H34OS3/c1-16(2)7-6-8-19-10-11-21(25-14-13-17(3)4)20(15-19)23(26)24(27)22-12-9-18(5)28-22/h9-12,15-17,26-27H,6-8,13-14H2,1-5H3. The molecule has 0 radical (unpaired) electrons. The Balaban J connectivity index is 2.32. The van der Waals surface area contributed by atoms with Gasteiger partial charge in [0.1, 0.15) is 5.75 Å². The molecule has 0 N–H and O–H groups in total. The Morgan fingerprint density at radius 2 is 1.68 bits per heavy atom. The molecule has 0 bridgehead atoms. The lowest BCUT2D eigenvalue weighted by atomic mass is 10.0. The van der Waals surface area contributed by atoms with Crippen molar-refractivity contribution in [2.75, 3.05) is 6.61 Å². The van der Waals surface area contributed by atoms with Crippen LogP contribution in [0, 0.1) is 18.8 Å². The number of thiol groups is 2. The highest BCUT2D eigenvalue weighted by Crippen LogP contribution is 2.39. The van der Waals surface area contributed by atoms with Gasteiger partial charge < -0.3 is 4.74 Å². The molecule has 0 aliphatic carbocycles. The summed E-state index contributed by atoms with van der Waals surface area (Å²) in [7, 11) is 0. The summed E-state index contributed by atoms with van der Waals surface area (Å²) in [6, 6.07) is 10.8. The maximum atomic E-state index is 6.14. The minimum Gasteiger partial charge on any atom is -0.493 e. The minimum atomic E-state index is 0.624. The molecule has 2 rings (SSSR count). The molecule has 1 heterocycles. The van der Waals surface area contributed by atoms with Crippen LogP contribution < -0.4 is 4.74 Å². The third-order valence-corrected chi connectivity index (χ3v) is 6.97. The lowest BCUT2D eigenvalue weighted by Crippen LogP contribution is -2.03. The first kappa shape index (κ1) is 23.4. The third kappa shape index (κ3) is 7.20. The van der Waals surface area contributed by atoms with E-state index in [1.54, 1.807) is 11.3 Å². The van der Waals surface area contributed by atoms with Gasteiger partial charge in [0.2, 0.25) is 0 Å². The van der Waals surface area contributed by atoms with Crippen molar-refractivity contribution in [3.8, 4) is 5.75 Å². The van der Waals surface area contributed by atoms with Crippen LogP contribution in [0.2, 0.25) is 0 Å². The number of aryl methyl sites for hydroxylation is 2. The fourth-order valence-electron chi connectivity index (χ4n) is 2.97. The summed E-state index contributed by atoms with van der Waals surface area (Å²) in [5.74, 6) is 2.27. The van der Waals surface area contributed by atoms with Crippen molar-refractivity contribution in [2.45, 2.75) is 60.3 Å². The highest BCUT2D eigenvalue weighted by Gasteiger charge is 2.14. The molecule has 0 fully saturated rings. The van der Waals surface area contributed by atoms with Crippen LogP contribution in [-0.2, 0) is 6.42 Å². The molecular formula is C24H34OS3. The van der Waals surface area contributed by atoms with Crippen molar-refractivity contribution in [1.82, 2.24) is 0 Å². The zero-order valence-electron chi connectivity index (χ0n) is 17.8. The van der Waals surface area contributed by atoms with Gasteiger partial charge in [-0.2, -0.15) is 0 Å². The molecule has 1 aromatic heterocycles. The largest absolute Gasteiger partial charge is 0.493 e. The third-order valence-electron chi connectivity index (χ3n) is 4.70. The molecule has 1 nitrogen and oxygen atoms in total. The van der Waals surface area contributed by atoms with Crippen LogP contribution in [0.4, 0.5) is 0 Å². The van der Waals surface area contributed by atoms with Crippen LogP contribution in [0.3, 0.4) is 0 Å². The van der Waals surface area contributed by atoms with Gasteiger partial charge >= 0.3 is 0 Å². The smallest absolute Gasteiger partial charge is 0.127 e. The quantitative estimate of drug-likeness (QED) is 0.359. The molecule has 0 aliphatic heterocycles. The van der Waals surface area contributed by atoms with Crippen molar-refractivity contribution in [2.24, 2.45) is 11.8 Å². The SMILES string of the molecule is Cc1ccc(C(S)=C(S)c2cc(CCCC(C)C)ccc2OCCC(C)C)s1. The molecule has 0 atom stereocenters. The lowest BCUT2D eigenvalue weighted by Gasteiger charge is -2.16. The predicted molar refractivity (Wildman–Crippen MR) is 133 cm³/mol. The van der Waals surface area contributed by atoms with Gasteiger partial charge in [-0.3, -0.25) is 0 Å². The molecular weight excluding hydrogens is 400 g/mol. The first-order chi connectivity index (χ1) is 13.3. The van der Waals surface area contributed by atoms with E-state index in [4.69, 9.17) is 30.0 Å². The molecule has 0 aliphatic rings. The number of hydrogen-bond donors (Lipinski definition) is 2. The van der Waals surface area contributed by atoms with Crippen LogP contribution in [0.5, 0.6) is 5.75 Å². The van der Waals surface area contributed by atoms with Gasteiger partial charge in [-0.1, -0.05) is 40.2 Å². The topological polar surface area (TPSA) is 9.23 Å². The Labute approximate surface area is 186 Å². The normalized spacial score (nSPS) is 12.6. The highest BCUT2D eigenvalue weighted by molar-refractivity contribution is 7.96. The van der Waals surface area contributed by atoms with E-state index in [1.165, 1.54) is 23.3 Å². The number of benzene rings is 1. The maximum absolute atomic E-state index is 6.14. The highest BCUT2D eigenvalue weighted by atomic mass is 32.1. The van der Waals surface area contributed by atoms with Crippen molar-refractivity contribution >= 4 is 46.4 Å². The molecule has 0 amide bonds. The van der Waals surface area contributed by atoms with Gasteiger partial charge in [-0.15, -0.1) is 36.6 Å². The molecule has 154 valence electrons. The summed E-state index contributed by atoms with van der Waals surface area (Å²) < 4.78 is 6.14. The van der Waals surface area contributed by atoms with Crippen molar-refractivity contribution in [3.05, 3.63) is 51.2 Å². The number of hydrogen-bond acceptors (Lipinski definition) is 4. The average Bonchev–Trinajstić information content (AvgIpc) is 3.07. The summed E-state index contributed by atoms with van der Waals surface area (Å²) in [6.07, 6.45) is 4.57. The van der Waals surface area contributed by atoms with Crippen molar-refractivity contribution in [3.63, 3.8) is 0 Å². The molecule has 2 aromatic rings. The second-order valence-electron chi connectivity index (χ2n) is 8.26. The van der Waals surface area contributed by atoms with Crippen molar-refractivity contribution in [1.29, 1.82) is 0 Å². The maximum Gasteiger partial charge on any atom is 0.127 e. The average molecular weight is 435 g/mol. The van der Waals surface area contributed by atoms with E-state index in [9.17, 15) is 0 Å². The Morgan fingerprint density at radius 1 is 0.964 bits per heavy atom. The van der Waals surface area contributed by atoms with E-state index < -0.39 is 0 Å². The summed E-state index contributed by atoms with van der Waals surface area (Å²) in [5.41, 5.74) is 2.38. The minimum absolute atomic E-state index is 0.624. The lowest BCUT2D eigenvalue weighted by molar-refractivity contribution is 0.289. The van der Waals surface area contributed by atoms with Gasteiger partial charge in [0.05, 0.1) is 6.61 Å². The van der Waals surface area contributed by atoms with E-state index in [2.05, 4.69) is 65.0 Å². The molecule has 0 unspecified atom stereocenters. The zero-order chi connectivity index (χ0) is 20.7. The number of thiophene rings is 1. The second-order valence-corrected chi connectivity index (χ2v) is 10.4. The predicted octanol–water partition coefficient (Wildman–Crippen LogP) is 8.15. The summed E-state index contributed by atoms with van der Waals surface area (Å²) in [4.78, 5) is 4.22. The Bertz CT molecular complexity index is 787. The summed E-state index contributed by atoms with van der Waals surface area (Å²) >= 11 is 11.4. The second kappa shape index (κ2) is 11.4. The van der Waals surface area contributed by atoms with Crippen molar-refractivity contribution < 1.29 is 4.74 Å². The molecule has 0 spiro atoms. The molecule has 4 heteroatoms. The number of ether oxygens (including phenoxy) is 1.